The highest BCUT2D eigenvalue weighted by atomic mass is 15.1. The Labute approximate surface area is 379 Å². The summed E-state index contributed by atoms with van der Waals surface area (Å²) in [4.78, 5) is 2.35. The molecule has 0 saturated heterocycles. The van der Waals surface area contributed by atoms with E-state index in [0.29, 0.717) is 0 Å². The van der Waals surface area contributed by atoms with Crippen LogP contribution in [0.15, 0.2) is 255 Å². The number of anilines is 3. The first-order chi connectivity index (χ1) is 31.7. The van der Waals surface area contributed by atoms with Gasteiger partial charge in [-0.15, -0.1) is 0 Å². The summed E-state index contributed by atoms with van der Waals surface area (Å²) in [6, 6.07) is 86.4. The molecule has 0 saturated carbocycles. The maximum Gasteiger partial charge on any atom is 0.0462 e. The van der Waals surface area contributed by atoms with Gasteiger partial charge in [-0.1, -0.05) is 218 Å². The van der Waals surface area contributed by atoms with Gasteiger partial charge in [0.1, 0.15) is 0 Å². The summed E-state index contributed by atoms with van der Waals surface area (Å²) in [5.41, 5.74) is 19.8. The number of nitrogens with zero attached hydrogens (tertiary/aromatic N) is 1. The van der Waals surface area contributed by atoms with E-state index < -0.39 is 0 Å². The first kappa shape index (κ1) is 40.3. The fourth-order valence-electron chi connectivity index (χ4n) is 9.09. The van der Waals surface area contributed by atoms with Crippen molar-refractivity contribution in [3.8, 4) is 44.5 Å². The van der Waals surface area contributed by atoms with Crippen LogP contribution in [-0.4, -0.2) is 0 Å². The summed E-state index contributed by atoms with van der Waals surface area (Å²) in [7, 11) is 0. The van der Waals surface area contributed by atoms with Crippen molar-refractivity contribution in [3.05, 3.63) is 277 Å². The molecular formula is C63H51N. The van der Waals surface area contributed by atoms with Crippen molar-refractivity contribution in [1.82, 2.24) is 0 Å². The quantitative estimate of drug-likeness (QED) is 0.112. The predicted octanol–water partition coefficient (Wildman–Crippen LogP) is 17.3. The number of hydrogen-bond donors (Lipinski definition) is 0. The zero-order chi connectivity index (χ0) is 42.9. The molecule has 9 aromatic rings. The van der Waals surface area contributed by atoms with Gasteiger partial charge < -0.3 is 4.90 Å². The number of hydrogen-bond acceptors (Lipinski definition) is 1. The van der Waals surface area contributed by atoms with Crippen LogP contribution in [0, 0.1) is 0 Å². The lowest BCUT2D eigenvalue weighted by molar-refractivity contribution is 0.715. The number of aryl methyl sites for hydroxylation is 1. The molecule has 1 unspecified atom stereocenters. The smallest absolute Gasteiger partial charge is 0.0462 e. The van der Waals surface area contributed by atoms with Crippen LogP contribution in [0.3, 0.4) is 0 Å². The summed E-state index contributed by atoms with van der Waals surface area (Å²) in [6.07, 6.45) is 11.2. The largest absolute Gasteiger partial charge is 0.311 e. The van der Waals surface area contributed by atoms with Gasteiger partial charge in [0.25, 0.3) is 0 Å². The second-order valence-electron chi connectivity index (χ2n) is 16.7. The molecule has 10 rings (SSSR count). The third-order valence-electron chi connectivity index (χ3n) is 12.7. The highest BCUT2D eigenvalue weighted by Gasteiger charge is 2.17. The van der Waals surface area contributed by atoms with Gasteiger partial charge in [0.05, 0.1) is 0 Å². The summed E-state index contributed by atoms with van der Waals surface area (Å²) in [5, 5.41) is 0. The maximum absolute atomic E-state index is 2.36. The van der Waals surface area contributed by atoms with E-state index in [1.54, 1.807) is 0 Å². The van der Waals surface area contributed by atoms with Crippen molar-refractivity contribution in [3.63, 3.8) is 0 Å². The first-order valence-electron chi connectivity index (χ1n) is 22.6. The van der Waals surface area contributed by atoms with Crippen LogP contribution in [0.4, 0.5) is 17.1 Å². The van der Waals surface area contributed by atoms with Crippen molar-refractivity contribution in [2.24, 2.45) is 0 Å². The van der Waals surface area contributed by atoms with E-state index in [1.807, 2.05) is 0 Å². The fraction of sp³-hybridized carbons (Fsp3) is 0.0794. The molecule has 1 atom stereocenters. The molecule has 0 bridgehead atoms. The van der Waals surface area contributed by atoms with Crippen LogP contribution in [0.2, 0.25) is 0 Å². The third-order valence-corrected chi connectivity index (χ3v) is 12.7. The number of benzene rings is 9. The van der Waals surface area contributed by atoms with Gasteiger partial charge in [0.2, 0.25) is 0 Å². The van der Waals surface area contributed by atoms with Gasteiger partial charge in [-0.2, -0.15) is 0 Å². The van der Waals surface area contributed by atoms with Crippen molar-refractivity contribution in [1.29, 1.82) is 0 Å². The lowest BCUT2D eigenvalue weighted by atomic mass is 9.84. The molecular weight excluding hydrogens is 771 g/mol. The van der Waals surface area contributed by atoms with Crippen LogP contribution in [-0.2, 0) is 6.42 Å². The van der Waals surface area contributed by atoms with Crippen LogP contribution in [0.1, 0.15) is 47.4 Å². The lowest BCUT2D eigenvalue weighted by Crippen LogP contribution is -2.09. The van der Waals surface area contributed by atoms with Gasteiger partial charge >= 0.3 is 0 Å². The minimum Gasteiger partial charge on any atom is -0.311 e. The topological polar surface area (TPSA) is 3.24 Å². The lowest BCUT2D eigenvalue weighted by Gasteiger charge is -2.26. The second-order valence-corrected chi connectivity index (χ2v) is 16.7. The molecule has 1 aliphatic carbocycles. The summed E-state index contributed by atoms with van der Waals surface area (Å²) in [5.74, 6) is 0.286. The van der Waals surface area contributed by atoms with Crippen LogP contribution >= 0.6 is 0 Å². The molecule has 9 aromatic carbocycles. The molecule has 0 spiro atoms. The fourth-order valence-corrected chi connectivity index (χ4v) is 9.09. The van der Waals surface area contributed by atoms with E-state index in [4.69, 9.17) is 0 Å². The van der Waals surface area contributed by atoms with E-state index >= 15 is 0 Å². The van der Waals surface area contributed by atoms with Crippen molar-refractivity contribution in [2.75, 3.05) is 4.90 Å². The predicted molar refractivity (Wildman–Crippen MR) is 272 cm³/mol. The van der Waals surface area contributed by atoms with E-state index in [2.05, 4.69) is 260 Å². The van der Waals surface area contributed by atoms with E-state index in [9.17, 15) is 0 Å². The normalized spacial score (nSPS) is 12.7. The molecule has 1 heteroatoms. The van der Waals surface area contributed by atoms with Crippen molar-refractivity contribution >= 4 is 22.6 Å². The molecule has 308 valence electrons. The maximum atomic E-state index is 2.36. The molecule has 0 amide bonds. The zero-order valence-electron chi connectivity index (χ0n) is 36.1. The Morgan fingerprint density at radius 3 is 1.05 bits per heavy atom. The zero-order valence-corrected chi connectivity index (χ0v) is 36.1. The number of allylic oxidation sites excluding steroid dienone is 4. The third kappa shape index (κ3) is 9.21. The van der Waals surface area contributed by atoms with Crippen LogP contribution in [0.25, 0.3) is 50.1 Å². The Balaban J connectivity index is 0.883. The molecule has 0 aromatic heterocycles. The van der Waals surface area contributed by atoms with Crippen LogP contribution in [0.5, 0.6) is 0 Å². The average molecular weight is 822 g/mol. The highest BCUT2D eigenvalue weighted by Crippen LogP contribution is 2.38. The van der Waals surface area contributed by atoms with Crippen molar-refractivity contribution < 1.29 is 0 Å². The summed E-state index contributed by atoms with van der Waals surface area (Å²) < 4.78 is 0. The molecule has 0 fully saturated rings. The molecule has 0 aliphatic heterocycles. The van der Waals surface area contributed by atoms with Crippen LogP contribution < -0.4 is 4.90 Å². The SMILES string of the molecule is C1=CC(c2ccc(C(CCc3ccc(-c4ccc(N(c5ccc(-c6ccccc6)cc5)c5ccc(-c6ccccc6)cc5)cc4)cc3)c3ccc(-c4ccccc4)cc3)cc2)=CCC1. The molecule has 0 heterocycles. The van der Waals surface area contributed by atoms with Gasteiger partial charge in [-0.3, -0.25) is 0 Å². The molecule has 0 radical (unpaired) electrons. The Bertz CT molecular complexity index is 2860. The minimum absolute atomic E-state index is 0.286. The van der Waals surface area contributed by atoms with Gasteiger partial charge in [-0.05, 0) is 134 Å². The Morgan fingerprint density at radius 2 is 0.672 bits per heavy atom. The Kier molecular flexibility index (Phi) is 12.0. The summed E-state index contributed by atoms with van der Waals surface area (Å²) in [6.45, 7) is 0. The van der Waals surface area contributed by atoms with Gasteiger partial charge in [0, 0.05) is 23.0 Å². The minimum atomic E-state index is 0.286. The standard InChI is InChI=1S/C63H51N/c1-5-13-48(14-6-1)53-26-30-58(31-27-53)63(59-32-28-54(29-33-59)49-15-7-2-8-16-49)46-23-47-21-24-52(25-22-47)57-38-44-62(45-39-57)64(60-40-34-55(35-41-60)50-17-9-3-10-18-50)61-42-36-56(37-43-61)51-19-11-4-12-20-51/h1,3-7,9-22,24-45,63H,2,8,23,46H2. The first-order valence-corrected chi connectivity index (χ1v) is 22.6. The van der Waals surface area contributed by atoms with Gasteiger partial charge in [0.15, 0.2) is 0 Å². The average Bonchev–Trinajstić information content (AvgIpc) is 3.39. The van der Waals surface area contributed by atoms with Gasteiger partial charge in [-0.25, -0.2) is 0 Å². The highest BCUT2D eigenvalue weighted by molar-refractivity contribution is 5.81. The van der Waals surface area contributed by atoms with E-state index in [1.165, 1.54) is 72.3 Å². The van der Waals surface area contributed by atoms with Crippen molar-refractivity contribution in [2.45, 2.75) is 31.6 Å². The monoisotopic (exact) mass is 821 g/mol. The molecule has 64 heavy (non-hydrogen) atoms. The Hall–Kier alpha value is -7.74. The van der Waals surface area contributed by atoms with E-state index in [0.717, 1.165) is 42.7 Å². The summed E-state index contributed by atoms with van der Waals surface area (Å²) >= 11 is 0. The second kappa shape index (κ2) is 19.1. The molecule has 0 N–H and O–H groups in total. The molecule has 1 nitrogen and oxygen atoms in total. The van der Waals surface area contributed by atoms with E-state index in [-0.39, 0.29) is 5.92 Å². The number of rotatable bonds is 13. The Morgan fingerprint density at radius 1 is 0.328 bits per heavy atom. The molecule has 1 aliphatic rings.